The normalized spacial score (nSPS) is 18.2. The van der Waals surface area contributed by atoms with Crippen molar-refractivity contribution in [2.45, 2.75) is 37.8 Å². The molecule has 11 nitrogen and oxygen atoms in total. The van der Waals surface area contributed by atoms with Crippen LogP contribution in [0.25, 0.3) is 5.69 Å². The number of nitrogens with two attached hydrogens (primary N) is 2. The van der Waals surface area contributed by atoms with E-state index in [0.717, 1.165) is 25.7 Å². The summed E-state index contributed by atoms with van der Waals surface area (Å²) >= 11 is 0. The molecule has 2 atom stereocenters. The minimum Gasteiger partial charge on any atom is -0.365 e. The number of anilines is 3. The Balaban J connectivity index is 1.66. The van der Waals surface area contributed by atoms with Crippen molar-refractivity contribution >= 4 is 23.4 Å². The molecule has 6 N–H and O–H groups in total. The van der Waals surface area contributed by atoms with Crippen LogP contribution in [0.4, 0.5) is 17.5 Å². The number of carbonyl (C=O) groups is 1. The van der Waals surface area contributed by atoms with Crippen molar-refractivity contribution in [1.29, 1.82) is 5.26 Å². The van der Waals surface area contributed by atoms with E-state index in [1.165, 1.54) is 23.4 Å². The molecule has 1 amide bonds. The minimum absolute atomic E-state index is 0.0148. The van der Waals surface area contributed by atoms with Gasteiger partial charge in [-0.05, 0) is 31.0 Å². The molecule has 0 unspecified atom stereocenters. The summed E-state index contributed by atoms with van der Waals surface area (Å²) in [6.45, 7) is 0. The lowest BCUT2D eigenvalue weighted by molar-refractivity contribution is 0.100. The Kier molecular flexibility index (Phi) is 5.72. The third kappa shape index (κ3) is 4.59. The fraction of sp³-hybridized carbons (Fsp3) is 0.300. The van der Waals surface area contributed by atoms with Gasteiger partial charge in [-0.2, -0.15) is 25.2 Å². The van der Waals surface area contributed by atoms with E-state index in [2.05, 4.69) is 36.9 Å². The first-order valence-electron chi connectivity index (χ1n) is 9.91. The van der Waals surface area contributed by atoms with Crippen LogP contribution >= 0.6 is 0 Å². The average molecular weight is 418 g/mol. The van der Waals surface area contributed by atoms with Gasteiger partial charge in [0.2, 0.25) is 5.95 Å². The summed E-state index contributed by atoms with van der Waals surface area (Å²) < 4.78 is 0. The van der Waals surface area contributed by atoms with Crippen molar-refractivity contribution < 1.29 is 4.79 Å². The molecule has 0 spiro atoms. The molecule has 31 heavy (non-hydrogen) atoms. The molecule has 0 saturated heterocycles. The van der Waals surface area contributed by atoms with Crippen LogP contribution in [0.3, 0.4) is 0 Å². The Morgan fingerprint density at radius 2 is 1.97 bits per heavy atom. The van der Waals surface area contributed by atoms with Gasteiger partial charge in [0.1, 0.15) is 11.4 Å². The number of rotatable bonds is 6. The number of nitrogens with one attached hydrogen (secondary N) is 2. The maximum absolute atomic E-state index is 11.9. The number of nitriles is 1. The highest BCUT2D eigenvalue weighted by Crippen LogP contribution is 2.25. The molecule has 1 saturated carbocycles. The molecule has 1 aliphatic rings. The van der Waals surface area contributed by atoms with Crippen molar-refractivity contribution in [3.05, 3.63) is 47.9 Å². The van der Waals surface area contributed by atoms with Crippen molar-refractivity contribution in [2.75, 3.05) is 10.6 Å². The standard InChI is InChI=1S/C20H22N10O/c21-10-12-7-13(9-14(8-12)30-25-5-6-26-30)27-19-15(18(23)31)11-24-20(29-19)28-17-4-2-1-3-16(17)22/h5-9,11,16-17H,1-4,22H2,(H2,23,31)(H2,24,27,28,29)/t16-,17+/m0/s1. The van der Waals surface area contributed by atoms with E-state index in [-0.39, 0.29) is 23.5 Å². The number of amides is 1. The fourth-order valence-corrected chi connectivity index (χ4v) is 3.58. The van der Waals surface area contributed by atoms with Crippen LogP contribution in [0.15, 0.2) is 36.8 Å². The predicted octanol–water partition coefficient (Wildman–Crippen LogP) is 1.45. The zero-order chi connectivity index (χ0) is 21.8. The molecule has 0 radical (unpaired) electrons. The van der Waals surface area contributed by atoms with Gasteiger partial charge in [0.15, 0.2) is 0 Å². The monoisotopic (exact) mass is 418 g/mol. The second-order valence-electron chi connectivity index (χ2n) is 7.34. The zero-order valence-electron chi connectivity index (χ0n) is 16.7. The number of benzene rings is 1. The summed E-state index contributed by atoms with van der Waals surface area (Å²) in [5, 5.41) is 23.9. The summed E-state index contributed by atoms with van der Waals surface area (Å²) in [6, 6.07) is 7.19. The van der Waals surface area contributed by atoms with E-state index in [4.69, 9.17) is 11.5 Å². The van der Waals surface area contributed by atoms with Gasteiger partial charge in [-0.25, -0.2) is 4.98 Å². The van der Waals surface area contributed by atoms with Crippen molar-refractivity contribution in [3.8, 4) is 11.8 Å². The van der Waals surface area contributed by atoms with Crippen molar-refractivity contribution in [1.82, 2.24) is 25.0 Å². The Bertz CT molecular complexity index is 1120. The molecular weight excluding hydrogens is 396 g/mol. The topological polar surface area (TPSA) is 173 Å². The van der Waals surface area contributed by atoms with E-state index in [1.54, 1.807) is 18.2 Å². The number of nitrogens with zero attached hydrogens (tertiary/aromatic N) is 6. The third-order valence-electron chi connectivity index (χ3n) is 5.15. The van der Waals surface area contributed by atoms with Gasteiger partial charge in [0.05, 0.1) is 29.7 Å². The Morgan fingerprint density at radius 1 is 1.19 bits per heavy atom. The van der Waals surface area contributed by atoms with Crippen LogP contribution < -0.4 is 22.1 Å². The SMILES string of the molecule is N#Cc1cc(Nc2nc(N[C@@H]3CCCC[C@@H]3N)ncc2C(N)=O)cc(-n2nccn2)c1. The highest BCUT2D eigenvalue weighted by atomic mass is 16.1. The molecule has 2 heterocycles. The molecule has 2 aromatic heterocycles. The first kappa shape index (κ1) is 20.2. The van der Waals surface area contributed by atoms with Crippen LogP contribution in [0, 0.1) is 11.3 Å². The van der Waals surface area contributed by atoms with Crippen molar-refractivity contribution in [3.63, 3.8) is 0 Å². The van der Waals surface area contributed by atoms with Gasteiger partial charge >= 0.3 is 0 Å². The molecule has 1 fully saturated rings. The number of hydrogen-bond acceptors (Lipinski definition) is 9. The highest BCUT2D eigenvalue weighted by Gasteiger charge is 2.23. The second-order valence-corrected chi connectivity index (χ2v) is 7.34. The van der Waals surface area contributed by atoms with Crippen LogP contribution in [0.5, 0.6) is 0 Å². The first-order chi connectivity index (χ1) is 15.0. The lowest BCUT2D eigenvalue weighted by Gasteiger charge is -2.29. The summed E-state index contributed by atoms with van der Waals surface area (Å²) in [4.78, 5) is 22.0. The zero-order valence-corrected chi connectivity index (χ0v) is 16.7. The van der Waals surface area contributed by atoms with Gasteiger partial charge in [-0.1, -0.05) is 12.8 Å². The molecule has 0 bridgehead atoms. The summed E-state index contributed by atoms with van der Waals surface area (Å²) in [5.74, 6) is -0.0991. The van der Waals surface area contributed by atoms with E-state index >= 15 is 0 Å². The van der Waals surface area contributed by atoms with Crippen LogP contribution in [0.2, 0.25) is 0 Å². The van der Waals surface area contributed by atoms with E-state index < -0.39 is 5.91 Å². The Labute approximate surface area is 178 Å². The first-order valence-corrected chi connectivity index (χ1v) is 9.91. The van der Waals surface area contributed by atoms with Gasteiger partial charge in [0.25, 0.3) is 5.91 Å². The highest BCUT2D eigenvalue weighted by molar-refractivity contribution is 5.98. The number of primary amides is 1. The van der Waals surface area contributed by atoms with Gasteiger partial charge < -0.3 is 22.1 Å². The second kappa shape index (κ2) is 8.76. The summed E-state index contributed by atoms with van der Waals surface area (Å²) in [5.41, 5.74) is 13.3. The van der Waals surface area contributed by atoms with Gasteiger partial charge in [-0.3, -0.25) is 4.79 Å². The number of aromatic nitrogens is 5. The largest absolute Gasteiger partial charge is 0.365 e. The third-order valence-corrected chi connectivity index (χ3v) is 5.15. The van der Waals surface area contributed by atoms with Gasteiger partial charge in [0, 0.05) is 24.0 Å². The van der Waals surface area contributed by atoms with Crippen LogP contribution in [-0.4, -0.2) is 43.0 Å². The maximum atomic E-state index is 11.9. The van der Waals surface area contributed by atoms with E-state index in [0.29, 0.717) is 22.9 Å². The summed E-state index contributed by atoms with van der Waals surface area (Å²) in [6.07, 6.45) is 8.50. The molecule has 1 aliphatic carbocycles. The Hall–Kier alpha value is -4.04. The van der Waals surface area contributed by atoms with Crippen LogP contribution in [-0.2, 0) is 0 Å². The molecule has 158 valence electrons. The predicted molar refractivity (Wildman–Crippen MR) is 114 cm³/mol. The minimum atomic E-state index is -0.672. The smallest absolute Gasteiger partial charge is 0.254 e. The van der Waals surface area contributed by atoms with Crippen molar-refractivity contribution in [2.24, 2.45) is 11.5 Å². The lowest BCUT2D eigenvalue weighted by atomic mass is 9.91. The fourth-order valence-electron chi connectivity index (χ4n) is 3.58. The van der Waals surface area contributed by atoms with E-state index in [1.807, 2.05) is 0 Å². The van der Waals surface area contributed by atoms with Gasteiger partial charge in [-0.15, -0.1) is 0 Å². The lowest BCUT2D eigenvalue weighted by Crippen LogP contribution is -2.43. The quantitative estimate of drug-likeness (QED) is 0.462. The number of hydrogen-bond donors (Lipinski definition) is 4. The molecule has 4 rings (SSSR count). The molecule has 1 aromatic carbocycles. The van der Waals surface area contributed by atoms with Crippen LogP contribution in [0.1, 0.15) is 41.6 Å². The molecule has 3 aromatic rings. The molecule has 11 heteroatoms. The average Bonchev–Trinajstić information content (AvgIpc) is 3.30. The molecular formula is C20H22N10O. The maximum Gasteiger partial charge on any atom is 0.254 e. The Morgan fingerprint density at radius 3 is 2.68 bits per heavy atom. The van der Waals surface area contributed by atoms with E-state index in [9.17, 15) is 10.1 Å². The molecule has 0 aliphatic heterocycles. The number of carbonyl (C=O) groups excluding carboxylic acids is 1. The summed E-state index contributed by atoms with van der Waals surface area (Å²) in [7, 11) is 0.